The molecule has 0 bridgehead atoms. The fourth-order valence-corrected chi connectivity index (χ4v) is 2.89. The molecule has 1 fully saturated rings. The smallest absolute Gasteiger partial charge is 0.270 e. The Morgan fingerprint density at radius 3 is 2.89 bits per heavy atom. The van der Waals surface area contributed by atoms with Gasteiger partial charge in [0.15, 0.2) is 0 Å². The van der Waals surface area contributed by atoms with E-state index in [2.05, 4.69) is 10.3 Å². The van der Waals surface area contributed by atoms with Crippen molar-refractivity contribution in [3.63, 3.8) is 0 Å². The predicted octanol–water partition coefficient (Wildman–Crippen LogP) is 2.97. The van der Waals surface area contributed by atoms with Crippen molar-refractivity contribution >= 4 is 23.2 Å². The number of nitrogens with zero attached hydrogens (tertiary/aromatic N) is 2. The van der Waals surface area contributed by atoms with E-state index in [1.54, 1.807) is 16.7 Å². The van der Waals surface area contributed by atoms with Crippen LogP contribution in [0.3, 0.4) is 0 Å². The first-order valence-corrected chi connectivity index (χ1v) is 6.98. The lowest BCUT2D eigenvalue weighted by Gasteiger charge is -2.12. The molecule has 2 aromatic heterocycles. The number of fused-ring (bicyclic) bond motifs is 1. The van der Waals surface area contributed by atoms with E-state index >= 15 is 0 Å². The van der Waals surface area contributed by atoms with Gasteiger partial charge in [0.2, 0.25) is 0 Å². The van der Waals surface area contributed by atoms with Crippen LogP contribution in [0.2, 0.25) is 5.02 Å². The SMILES string of the molecule is Cc1nc2ccc(Cl)cn2c1C(=O)NC1CCCC1. The van der Waals surface area contributed by atoms with Crippen LogP contribution in [0.1, 0.15) is 41.9 Å². The number of pyridine rings is 1. The van der Waals surface area contributed by atoms with E-state index < -0.39 is 0 Å². The second kappa shape index (κ2) is 4.85. The standard InChI is InChI=1S/C14H16ClN3O/c1-9-13(14(19)17-11-4-2-3-5-11)18-8-10(15)6-7-12(18)16-9/h6-8,11H,2-5H2,1H3,(H,17,19). The first-order chi connectivity index (χ1) is 9.15. The Morgan fingerprint density at radius 2 is 2.16 bits per heavy atom. The fraction of sp³-hybridized carbons (Fsp3) is 0.429. The highest BCUT2D eigenvalue weighted by molar-refractivity contribution is 6.30. The van der Waals surface area contributed by atoms with Crippen molar-refractivity contribution in [2.75, 3.05) is 0 Å². The third-order valence-electron chi connectivity index (χ3n) is 3.66. The molecular formula is C14H16ClN3O. The highest BCUT2D eigenvalue weighted by atomic mass is 35.5. The summed E-state index contributed by atoms with van der Waals surface area (Å²) in [5.74, 6) is -0.0563. The number of halogens is 1. The summed E-state index contributed by atoms with van der Waals surface area (Å²) >= 11 is 5.99. The van der Waals surface area contributed by atoms with Gasteiger partial charge in [-0.2, -0.15) is 0 Å². The van der Waals surface area contributed by atoms with Crippen LogP contribution in [0, 0.1) is 6.92 Å². The Labute approximate surface area is 116 Å². The molecule has 0 aliphatic heterocycles. The van der Waals surface area contributed by atoms with E-state index in [9.17, 15) is 4.79 Å². The monoisotopic (exact) mass is 277 g/mol. The highest BCUT2D eigenvalue weighted by Crippen LogP contribution is 2.20. The molecule has 2 heterocycles. The summed E-state index contributed by atoms with van der Waals surface area (Å²) in [6, 6.07) is 3.90. The maximum Gasteiger partial charge on any atom is 0.270 e. The molecule has 0 spiro atoms. The summed E-state index contributed by atoms with van der Waals surface area (Å²) < 4.78 is 1.77. The van der Waals surface area contributed by atoms with Crippen molar-refractivity contribution in [3.05, 3.63) is 34.7 Å². The second-order valence-corrected chi connectivity index (χ2v) is 5.51. The minimum absolute atomic E-state index is 0.0563. The molecule has 0 unspecified atom stereocenters. The minimum atomic E-state index is -0.0563. The minimum Gasteiger partial charge on any atom is -0.348 e. The molecule has 5 heteroatoms. The Kier molecular flexibility index (Phi) is 3.19. The zero-order valence-electron chi connectivity index (χ0n) is 10.8. The fourth-order valence-electron chi connectivity index (χ4n) is 2.73. The summed E-state index contributed by atoms with van der Waals surface area (Å²) in [4.78, 5) is 16.8. The quantitative estimate of drug-likeness (QED) is 0.917. The van der Waals surface area contributed by atoms with Crippen LogP contribution >= 0.6 is 11.6 Å². The van der Waals surface area contributed by atoms with Gasteiger partial charge in [0.25, 0.3) is 5.91 Å². The molecule has 1 aliphatic carbocycles. The van der Waals surface area contributed by atoms with Gasteiger partial charge >= 0.3 is 0 Å². The van der Waals surface area contributed by atoms with Crippen LogP contribution in [-0.2, 0) is 0 Å². The number of nitrogens with one attached hydrogen (secondary N) is 1. The number of hydrogen-bond acceptors (Lipinski definition) is 2. The topological polar surface area (TPSA) is 46.4 Å². The number of aromatic nitrogens is 2. The molecule has 0 aromatic carbocycles. The Bertz CT molecular complexity index is 629. The normalized spacial score (nSPS) is 16.1. The molecule has 0 radical (unpaired) electrons. The number of carbonyl (C=O) groups is 1. The molecule has 19 heavy (non-hydrogen) atoms. The van der Waals surface area contributed by atoms with Crippen molar-refractivity contribution in [2.24, 2.45) is 0 Å². The number of imidazole rings is 1. The van der Waals surface area contributed by atoms with Gasteiger partial charge in [0.1, 0.15) is 11.3 Å². The first-order valence-electron chi connectivity index (χ1n) is 6.60. The van der Waals surface area contributed by atoms with Gasteiger partial charge in [-0.1, -0.05) is 24.4 Å². The van der Waals surface area contributed by atoms with E-state index in [0.29, 0.717) is 16.8 Å². The lowest BCUT2D eigenvalue weighted by molar-refractivity contribution is 0.0931. The average molecular weight is 278 g/mol. The summed E-state index contributed by atoms with van der Waals surface area (Å²) in [6.45, 7) is 1.85. The molecule has 0 atom stereocenters. The highest BCUT2D eigenvalue weighted by Gasteiger charge is 2.22. The lowest BCUT2D eigenvalue weighted by atomic mass is 10.2. The van der Waals surface area contributed by atoms with Crippen molar-refractivity contribution in [1.29, 1.82) is 0 Å². The van der Waals surface area contributed by atoms with E-state index in [4.69, 9.17) is 11.6 Å². The number of rotatable bonds is 2. The van der Waals surface area contributed by atoms with Crippen molar-refractivity contribution < 1.29 is 4.79 Å². The molecular weight excluding hydrogens is 262 g/mol. The number of carbonyl (C=O) groups excluding carboxylic acids is 1. The van der Waals surface area contributed by atoms with Gasteiger partial charge in [-0.15, -0.1) is 0 Å². The van der Waals surface area contributed by atoms with Gasteiger partial charge in [-0.25, -0.2) is 4.98 Å². The molecule has 1 N–H and O–H groups in total. The molecule has 1 saturated carbocycles. The van der Waals surface area contributed by atoms with Crippen molar-refractivity contribution in [2.45, 2.75) is 38.6 Å². The first kappa shape index (κ1) is 12.5. The van der Waals surface area contributed by atoms with Gasteiger partial charge in [0, 0.05) is 12.2 Å². The van der Waals surface area contributed by atoms with E-state index in [-0.39, 0.29) is 5.91 Å². The largest absolute Gasteiger partial charge is 0.348 e. The van der Waals surface area contributed by atoms with Gasteiger partial charge in [-0.05, 0) is 31.9 Å². The number of amides is 1. The maximum atomic E-state index is 12.4. The Hall–Kier alpha value is -1.55. The Morgan fingerprint density at radius 1 is 1.42 bits per heavy atom. The van der Waals surface area contributed by atoms with Gasteiger partial charge in [0.05, 0.1) is 10.7 Å². The maximum absolute atomic E-state index is 12.4. The summed E-state index contributed by atoms with van der Waals surface area (Å²) in [5.41, 5.74) is 2.07. The van der Waals surface area contributed by atoms with Crippen LogP contribution in [0.5, 0.6) is 0 Å². The summed E-state index contributed by atoms with van der Waals surface area (Å²) in [7, 11) is 0. The summed E-state index contributed by atoms with van der Waals surface area (Å²) in [5, 5.41) is 3.69. The van der Waals surface area contributed by atoms with Crippen LogP contribution in [0.15, 0.2) is 18.3 Å². The van der Waals surface area contributed by atoms with E-state index in [1.807, 2.05) is 13.0 Å². The third-order valence-corrected chi connectivity index (χ3v) is 3.89. The second-order valence-electron chi connectivity index (χ2n) is 5.08. The zero-order valence-corrected chi connectivity index (χ0v) is 11.6. The van der Waals surface area contributed by atoms with Crippen LogP contribution in [-0.4, -0.2) is 21.3 Å². The molecule has 2 aromatic rings. The molecule has 3 rings (SSSR count). The third kappa shape index (κ3) is 2.32. The van der Waals surface area contributed by atoms with Crippen LogP contribution in [0.25, 0.3) is 5.65 Å². The van der Waals surface area contributed by atoms with Gasteiger partial charge < -0.3 is 5.32 Å². The average Bonchev–Trinajstić information content (AvgIpc) is 2.95. The number of aryl methyl sites for hydroxylation is 1. The Balaban J connectivity index is 1.96. The molecule has 1 amide bonds. The lowest BCUT2D eigenvalue weighted by Crippen LogP contribution is -2.33. The molecule has 4 nitrogen and oxygen atoms in total. The molecule has 100 valence electrons. The van der Waals surface area contributed by atoms with E-state index in [0.717, 1.165) is 24.2 Å². The van der Waals surface area contributed by atoms with Crippen molar-refractivity contribution in [3.8, 4) is 0 Å². The number of hydrogen-bond donors (Lipinski definition) is 1. The van der Waals surface area contributed by atoms with Crippen LogP contribution < -0.4 is 5.32 Å². The van der Waals surface area contributed by atoms with Crippen molar-refractivity contribution in [1.82, 2.24) is 14.7 Å². The summed E-state index contributed by atoms with van der Waals surface area (Å²) in [6.07, 6.45) is 6.27. The van der Waals surface area contributed by atoms with E-state index in [1.165, 1.54) is 12.8 Å². The molecule has 1 aliphatic rings. The van der Waals surface area contributed by atoms with Crippen LogP contribution in [0.4, 0.5) is 0 Å². The van der Waals surface area contributed by atoms with Gasteiger partial charge in [-0.3, -0.25) is 9.20 Å². The molecule has 0 saturated heterocycles. The zero-order chi connectivity index (χ0) is 13.4. The predicted molar refractivity (Wildman–Crippen MR) is 74.7 cm³/mol.